The summed E-state index contributed by atoms with van der Waals surface area (Å²) in [4.78, 5) is 6.98. The van der Waals surface area contributed by atoms with Crippen LogP contribution in [0, 0.1) is 0 Å². The minimum atomic E-state index is -0.0737. The number of nitrogens with zero attached hydrogens (tertiary/aromatic N) is 3. The first kappa shape index (κ1) is 78.1. The minimum absolute atomic E-state index is 0.0737. The van der Waals surface area contributed by atoms with Gasteiger partial charge in [-0.1, -0.05) is 323 Å². The molecule has 0 fully saturated rings. The highest BCUT2D eigenvalue weighted by atomic mass is 16.3. The van der Waals surface area contributed by atoms with E-state index < -0.39 is 0 Å². The maximum absolute atomic E-state index is 6.47. The van der Waals surface area contributed by atoms with Crippen molar-refractivity contribution in [3.05, 3.63) is 478 Å². The lowest BCUT2D eigenvalue weighted by Gasteiger charge is -2.26. The molecule has 4 aromatic heterocycles. The van der Waals surface area contributed by atoms with Gasteiger partial charge in [0.1, 0.15) is 44.7 Å². The van der Waals surface area contributed by atoms with E-state index in [1.807, 2.05) is 42.5 Å². The molecular formula is C129H83N3O4. The van der Waals surface area contributed by atoms with Gasteiger partial charge >= 0.3 is 0 Å². The van der Waals surface area contributed by atoms with Crippen molar-refractivity contribution in [3.8, 4) is 22.3 Å². The van der Waals surface area contributed by atoms with Gasteiger partial charge in [0.2, 0.25) is 0 Å². The van der Waals surface area contributed by atoms with E-state index in [9.17, 15) is 0 Å². The summed E-state index contributed by atoms with van der Waals surface area (Å²) in [7, 11) is 0. The third-order valence-corrected chi connectivity index (χ3v) is 28.4. The maximum atomic E-state index is 6.47. The molecule has 0 bridgehead atoms. The molecule has 4 heterocycles. The van der Waals surface area contributed by atoms with Crippen LogP contribution in [0.25, 0.3) is 207 Å². The van der Waals surface area contributed by atoms with Gasteiger partial charge in [-0.2, -0.15) is 0 Å². The molecule has 0 N–H and O–H groups in total. The monoisotopic (exact) mass is 1740 g/mol. The van der Waals surface area contributed by atoms with Crippen LogP contribution in [0.2, 0.25) is 0 Å². The lowest BCUT2D eigenvalue weighted by molar-refractivity contribution is 0.666. The van der Waals surface area contributed by atoms with E-state index in [1.54, 1.807) is 0 Å². The first-order valence-corrected chi connectivity index (χ1v) is 46.6. The van der Waals surface area contributed by atoms with Gasteiger partial charge < -0.3 is 32.4 Å². The Labute approximate surface area is 782 Å². The summed E-state index contributed by atoms with van der Waals surface area (Å²) in [6, 6.07) is 167. The number of hydrogen-bond acceptors (Lipinski definition) is 7. The summed E-state index contributed by atoms with van der Waals surface area (Å²) in [6.45, 7) is 4.76. The molecule has 0 atom stereocenters. The average Bonchev–Trinajstić information content (AvgIpc) is 1.60. The lowest BCUT2D eigenvalue weighted by Crippen LogP contribution is -2.15. The number of furan rings is 4. The second-order valence-electron chi connectivity index (χ2n) is 36.4. The van der Waals surface area contributed by atoms with Gasteiger partial charge in [-0.15, -0.1) is 0 Å². The molecule has 0 amide bonds. The molecule has 7 nitrogen and oxygen atoms in total. The average molecular weight is 1740 g/mol. The predicted molar refractivity (Wildman–Crippen MR) is 573 cm³/mol. The largest absolute Gasteiger partial charge is 0.456 e. The zero-order chi connectivity index (χ0) is 89.8. The molecule has 7 heteroatoms. The van der Waals surface area contributed by atoms with Crippen molar-refractivity contribution in [2.45, 2.75) is 19.3 Å². The summed E-state index contributed by atoms with van der Waals surface area (Å²) in [5.74, 6) is 0. The van der Waals surface area contributed by atoms with Crippen molar-refractivity contribution in [2.24, 2.45) is 0 Å². The van der Waals surface area contributed by atoms with Crippen LogP contribution in [0.3, 0.4) is 0 Å². The van der Waals surface area contributed by atoms with Gasteiger partial charge in [0, 0.05) is 123 Å². The summed E-state index contributed by atoms with van der Waals surface area (Å²) in [5, 5.41) is 31.5. The van der Waals surface area contributed by atoms with Gasteiger partial charge in [-0.05, 0) is 265 Å². The Morgan fingerprint density at radius 2 is 0.500 bits per heavy atom. The van der Waals surface area contributed by atoms with Crippen LogP contribution in [0.5, 0.6) is 0 Å². The smallest absolute Gasteiger partial charge is 0.143 e. The fourth-order valence-electron chi connectivity index (χ4n) is 22.3. The molecule has 0 aliphatic heterocycles. The van der Waals surface area contributed by atoms with Crippen LogP contribution in [-0.4, -0.2) is 0 Å². The highest BCUT2D eigenvalue weighted by Gasteiger charge is 2.39. The van der Waals surface area contributed by atoms with Crippen LogP contribution in [-0.2, 0) is 5.41 Å². The van der Waals surface area contributed by atoms with Crippen molar-refractivity contribution < 1.29 is 17.7 Å². The Morgan fingerprint density at radius 1 is 0.176 bits per heavy atom. The fraction of sp³-hybridized carbons (Fsp3) is 0.0233. The minimum Gasteiger partial charge on any atom is -0.456 e. The van der Waals surface area contributed by atoms with Crippen molar-refractivity contribution in [1.82, 2.24) is 0 Å². The van der Waals surface area contributed by atoms with Crippen LogP contribution >= 0.6 is 0 Å². The Hall–Kier alpha value is -17.8. The molecule has 0 unspecified atom stereocenters. The van der Waals surface area contributed by atoms with Crippen LogP contribution in [0.1, 0.15) is 25.0 Å². The second kappa shape index (κ2) is 31.2. The number of rotatable bonds is 10. The lowest BCUT2D eigenvalue weighted by atomic mass is 9.79. The van der Waals surface area contributed by atoms with Gasteiger partial charge in [0.05, 0.1) is 0 Å². The molecule has 136 heavy (non-hydrogen) atoms. The molecule has 0 saturated carbocycles. The maximum Gasteiger partial charge on any atom is 0.143 e. The Morgan fingerprint density at radius 3 is 1.07 bits per heavy atom. The van der Waals surface area contributed by atoms with Gasteiger partial charge in [-0.3, -0.25) is 0 Å². The summed E-state index contributed by atoms with van der Waals surface area (Å²) in [6.07, 6.45) is 0. The van der Waals surface area contributed by atoms with Gasteiger partial charge in [-0.25, -0.2) is 0 Å². The van der Waals surface area contributed by atoms with Crippen LogP contribution in [0.15, 0.2) is 485 Å². The zero-order valence-corrected chi connectivity index (χ0v) is 74.4. The first-order valence-electron chi connectivity index (χ1n) is 46.6. The summed E-state index contributed by atoms with van der Waals surface area (Å²) >= 11 is 0. The standard InChI is InChI=1S/C45H31NO.C42H25NO2.C42H27NO/c1-45(2)39-18-10-8-17-37(39)43-38-23-20-28-26-30(21-24-32(28)42(38)35-15-6-7-16-36(35)44(43)45)46(29-12-4-3-5-13-29)31-22-25-34-33-14-9-11-19-40(33)47-41(34)27-31;1-2-10-27(11-3-1)43(29-20-23-32-31-12-6-8-16-37(31)44-39(32)25-29)28-19-22-30-26(24-28)18-21-36-40(30)33-13-4-5-14-34(33)42-41(36)35-15-7-9-17-38(35)45-42;1-3-10-28(11-4-1)30-12-9-15-33(26-30)43(32-13-5-2-6-14-32)34-21-23-35-31(27-34)19-18-29-20-22-39-37(41(29)35)24-25-38-36-16-7-8-17-40(36)44-42(38)39/h3-27H,1-2H3;1-25H;1-27H. The molecule has 0 spiro atoms. The quantitative estimate of drug-likeness (QED) is 0.126. The first-order chi connectivity index (χ1) is 67.2. The van der Waals surface area contributed by atoms with Crippen molar-refractivity contribution in [2.75, 3.05) is 14.7 Å². The van der Waals surface area contributed by atoms with Crippen LogP contribution < -0.4 is 14.7 Å². The molecule has 1 aliphatic carbocycles. The van der Waals surface area contributed by atoms with Gasteiger partial charge in [0.15, 0.2) is 0 Å². The zero-order valence-electron chi connectivity index (χ0n) is 74.4. The van der Waals surface area contributed by atoms with E-state index in [0.29, 0.717) is 0 Å². The van der Waals surface area contributed by atoms with Crippen molar-refractivity contribution in [1.29, 1.82) is 0 Å². The highest BCUT2D eigenvalue weighted by Crippen LogP contribution is 2.57. The van der Waals surface area contributed by atoms with Crippen LogP contribution in [0.4, 0.5) is 51.2 Å². The predicted octanol–water partition coefficient (Wildman–Crippen LogP) is 37.4. The van der Waals surface area contributed by atoms with Gasteiger partial charge in [0.25, 0.3) is 0 Å². The molecule has 0 radical (unpaired) electrons. The van der Waals surface area contributed by atoms with Crippen molar-refractivity contribution >= 4 is 236 Å². The second-order valence-corrected chi connectivity index (χ2v) is 36.4. The number of hydrogen-bond donors (Lipinski definition) is 0. The van der Waals surface area contributed by atoms with E-state index >= 15 is 0 Å². The van der Waals surface area contributed by atoms with E-state index in [4.69, 9.17) is 17.7 Å². The third kappa shape index (κ3) is 12.5. The number of para-hydroxylation sites is 7. The van der Waals surface area contributed by atoms with E-state index in [0.717, 1.165) is 144 Å². The molecule has 24 aromatic carbocycles. The molecular weight excluding hydrogens is 1660 g/mol. The Bertz CT molecular complexity index is 9750. The Kier molecular flexibility index (Phi) is 17.9. The molecule has 1 aliphatic rings. The van der Waals surface area contributed by atoms with Crippen molar-refractivity contribution in [3.63, 3.8) is 0 Å². The SMILES string of the molecule is CC1(C)c2ccccc2-c2c1c1ccccc1c1c2ccc2cc(N(c3ccccc3)c3ccc4c(c3)oc3ccccc34)ccc21.c1ccc(-c2cccc(N(c3ccccc3)c3ccc4c(ccc5ccc6c(ccc7c8ccccc8oc76)c54)c3)c2)cc1.c1ccc(N(c2ccc3c(ccc4c3c3ccccc3c3oc5ccccc5c43)c2)c2ccc3c(c2)oc2ccccc23)cc1. The molecule has 0 saturated heterocycles. The highest BCUT2D eigenvalue weighted by molar-refractivity contribution is 6.35. The van der Waals surface area contributed by atoms with E-state index in [-0.39, 0.29) is 5.41 Å². The molecule has 28 aromatic rings. The fourth-order valence-corrected chi connectivity index (χ4v) is 22.3. The number of benzene rings is 24. The number of fused-ring (bicyclic) bond motifs is 35. The molecule has 29 rings (SSSR count). The molecule has 638 valence electrons. The Balaban J connectivity index is 0.000000103. The van der Waals surface area contributed by atoms with E-state index in [2.05, 4.69) is 453 Å². The number of anilines is 9. The summed E-state index contributed by atoms with van der Waals surface area (Å²) in [5.41, 5.74) is 25.1. The topological polar surface area (TPSA) is 62.3 Å². The summed E-state index contributed by atoms with van der Waals surface area (Å²) < 4.78 is 25.5. The normalized spacial score (nSPS) is 12.4. The third-order valence-electron chi connectivity index (χ3n) is 28.4. The van der Waals surface area contributed by atoms with E-state index in [1.165, 1.54) is 125 Å².